The molecule has 0 amide bonds. The minimum absolute atomic E-state index is 0.299. The van der Waals surface area contributed by atoms with Gasteiger partial charge in [-0.05, 0) is 37.6 Å². The Balaban J connectivity index is 2.61. The molecule has 1 rings (SSSR count). The van der Waals surface area contributed by atoms with Crippen molar-refractivity contribution < 1.29 is 19.0 Å². The molecule has 0 spiro atoms. The van der Waals surface area contributed by atoms with Crippen LogP contribution in [0, 0.1) is 0 Å². The summed E-state index contributed by atoms with van der Waals surface area (Å²) in [5, 5.41) is 3.19. The number of carbonyl (C=O) groups excluding carboxylic acids is 1. The van der Waals surface area contributed by atoms with Gasteiger partial charge in [0.05, 0.1) is 14.2 Å². The lowest BCUT2D eigenvalue weighted by Gasteiger charge is -2.17. The van der Waals surface area contributed by atoms with Crippen LogP contribution in [0.2, 0.25) is 0 Å². The van der Waals surface area contributed by atoms with Crippen molar-refractivity contribution in [2.75, 3.05) is 34.0 Å². The van der Waals surface area contributed by atoms with Crippen LogP contribution in [0.4, 0.5) is 0 Å². The van der Waals surface area contributed by atoms with E-state index in [1.807, 2.05) is 31.2 Å². The predicted octanol–water partition coefficient (Wildman–Crippen LogP) is 1.93. The minimum Gasteiger partial charge on any atom is -0.497 e. The molecule has 1 aromatic carbocycles. The zero-order chi connectivity index (χ0) is 14.8. The Morgan fingerprint density at radius 1 is 1.25 bits per heavy atom. The average Bonchev–Trinajstić information content (AvgIpc) is 2.50. The zero-order valence-corrected chi connectivity index (χ0v) is 12.3. The second kappa shape index (κ2) is 9.34. The Morgan fingerprint density at radius 2 is 1.95 bits per heavy atom. The summed E-state index contributed by atoms with van der Waals surface area (Å²) in [6, 6.07) is 6.90. The third kappa shape index (κ3) is 5.19. The molecule has 0 aliphatic carbocycles. The molecule has 0 heterocycles. The fourth-order valence-electron chi connectivity index (χ4n) is 1.82. The van der Waals surface area contributed by atoms with E-state index >= 15 is 0 Å². The van der Waals surface area contributed by atoms with E-state index in [1.165, 1.54) is 7.11 Å². The summed E-state index contributed by atoms with van der Waals surface area (Å²) in [5.74, 6) is 0.459. The van der Waals surface area contributed by atoms with Crippen LogP contribution in [0.1, 0.15) is 24.9 Å². The highest BCUT2D eigenvalue weighted by Crippen LogP contribution is 2.18. The molecule has 5 nitrogen and oxygen atoms in total. The smallest absolute Gasteiger partial charge is 0.327 e. The van der Waals surface area contributed by atoms with Crippen molar-refractivity contribution in [3.8, 4) is 5.75 Å². The lowest BCUT2D eigenvalue weighted by molar-refractivity contribution is -0.143. The summed E-state index contributed by atoms with van der Waals surface area (Å²) < 4.78 is 15.2. The van der Waals surface area contributed by atoms with Crippen molar-refractivity contribution in [1.29, 1.82) is 0 Å². The Labute approximate surface area is 120 Å². The van der Waals surface area contributed by atoms with Crippen molar-refractivity contribution in [1.82, 2.24) is 5.32 Å². The third-order valence-electron chi connectivity index (χ3n) is 2.90. The number of ether oxygens (including phenoxy) is 3. The first-order chi connectivity index (χ1) is 9.72. The van der Waals surface area contributed by atoms with Gasteiger partial charge in [-0.1, -0.05) is 12.1 Å². The van der Waals surface area contributed by atoms with Crippen molar-refractivity contribution in [3.63, 3.8) is 0 Å². The average molecular weight is 281 g/mol. The molecule has 1 N–H and O–H groups in total. The Morgan fingerprint density at radius 3 is 2.50 bits per heavy atom. The molecular weight excluding hydrogens is 258 g/mol. The highest BCUT2D eigenvalue weighted by Gasteiger charge is 2.20. The summed E-state index contributed by atoms with van der Waals surface area (Å²) in [6.45, 7) is 4.03. The standard InChI is InChI=1S/C15H23NO4/c1-4-20-11-5-10-16-14(15(17)19-3)12-6-8-13(18-2)9-7-12/h6-9,14,16H,4-5,10-11H2,1-3H3. The molecule has 0 aliphatic heterocycles. The number of rotatable bonds is 9. The topological polar surface area (TPSA) is 56.8 Å². The zero-order valence-electron chi connectivity index (χ0n) is 12.3. The maximum absolute atomic E-state index is 11.8. The van der Waals surface area contributed by atoms with Gasteiger partial charge in [-0.3, -0.25) is 0 Å². The van der Waals surface area contributed by atoms with E-state index in [1.54, 1.807) is 7.11 Å². The molecule has 1 unspecified atom stereocenters. The fourth-order valence-corrected chi connectivity index (χ4v) is 1.82. The molecule has 0 aromatic heterocycles. The Kier molecular flexibility index (Phi) is 7.69. The molecular formula is C15H23NO4. The molecule has 112 valence electrons. The molecule has 0 radical (unpaired) electrons. The normalized spacial score (nSPS) is 11.9. The van der Waals surface area contributed by atoms with E-state index in [4.69, 9.17) is 14.2 Å². The largest absolute Gasteiger partial charge is 0.497 e. The first-order valence-electron chi connectivity index (χ1n) is 6.75. The van der Waals surface area contributed by atoms with Crippen LogP contribution in [-0.2, 0) is 14.3 Å². The molecule has 20 heavy (non-hydrogen) atoms. The van der Waals surface area contributed by atoms with Gasteiger partial charge in [0, 0.05) is 13.2 Å². The first-order valence-corrected chi connectivity index (χ1v) is 6.75. The van der Waals surface area contributed by atoms with E-state index < -0.39 is 6.04 Å². The number of hydrogen-bond donors (Lipinski definition) is 1. The molecule has 5 heteroatoms. The number of benzene rings is 1. The van der Waals surface area contributed by atoms with Crippen LogP contribution in [0.5, 0.6) is 5.75 Å². The quantitative estimate of drug-likeness (QED) is 0.553. The highest BCUT2D eigenvalue weighted by molar-refractivity contribution is 5.77. The van der Waals surface area contributed by atoms with Gasteiger partial charge in [0.2, 0.25) is 0 Å². The number of carbonyl (C=O) groups is 1. The number of methoxy groups -OCH3 is 2. The monoisotopic (exact) mass is 281 g/mol. The van der Waals surface area contributed by atoms with Crippen molar-refractivity contribution in [2.45, 2.75) is 19.4 Å². The maximum atomic E-state index is 11.8. The van der Waals surface area contributed by atoms with Gasteiger partial charge in [-0.25, -0.2) is 4.79 Å². The number of hydrogen-bond acceptors (Lipinski definition) is 5. The summed E-state index contributed by atoms with van der Waals surface area (Å²) in [7, 11) is 3.00. The van der Waals surface area contributed by atoms with Crippen LogP contribution in [0.15, 0.2) is 24.3 Å². The second-order valence-electron chi connectivity index (χ2n) is 4.23. The molecule has 0 aliphatic rings. The molecule has 0 fully saturated rings. The van der Waals surface area contributed by atoms with Gasteiger partial charge in [0.15, 0.2) is 0 Å². The second-order valence-corrected chi connectivity index (χ2v) is 4.23. The lowest BCUT2D eigenvalue weighted by atomic mass is 10.1. The summed E-state index contributed by atoms with van der Waals surface area (Å²) in [4.78, 5) is 11.8. The van der Waals surface area contributed by atoms with Gasteiger partial charge < -0.3 is 19.5 Å². The number of nitrogens with one attached hydrogen (secondary N) is 1. The molecule has 0 saturated carbocycles. The number of esters is 1. The summed E-state index contributed by atoms with van der Waals surface area (Å²) >= 11 is 0. The summed E-state index contributed by atoms with van der Waals surface area (Å²) in [6.07, 6.45) is 0.845. The summed E-state index contributed by atoms with van der Waals surface area (Å²) in [5.41, 5.74) is 0.856. The lowest BCUT2D eigenvalue weighted by Crippen LogP contribution is -2.30. The van der Waals surface area contributed by atoms with E-state index in [0.29, 0.717) is 19.8 Å². The first kappa shape index (κ1) is 16.5. The van der Waals surface area contributed by atoms with Crippen molar-refractivity contribution in [3.05, 3.63) is 29.8 Å². The van der Waals surface area contributed by atoms with Gasteiger partial charge in [-0.2, -0.15) is 0 Å². The van der Waals surface area contributed by atoms with Crippen molar-refractivity contribution in [2.24, 2.45) is 0 Å². The van der Waals surface area contributed by atoms with Gasteiger partial charge in [0.1, 0.15) is 11.8 Å². The van der Waals surface area contributed by atoms with Crippen LogP contribution >= 0.6 is 0 Å². The Hall–Kier alpha value is -1.59. The maximum Gasteiger partial charge on any atom is 0.327 e. The van der Waals surface area contributed by atoms with Crippen LogP contribution in [0.3, 0.4) is 0 Å². The van der Waals surface area contributed by atoms with E-state index in [2.05, 4.69) is 5.32 Å². The fraction of sp³-hybridized carbons (Fsp3) is 0.533. The van der Waals surface area contributed by atoms with Gasteiger partial charge in [-0.15, -0.1) is 0 Å². The van der Waals surface area contributed by atoms with Crippen molar-refractivity contribution >= 4 is 5.97 Å². The third-order valence-corrected chi connectivity index (χ3v) is 2.90. The predicted molar refractivity (Wildman–Crippen MR) is 76.9 cm³/mol. The van der Waals surface area contributed by atoms with E-state index in [9.17, 15) is 4.79 Å². The van der Waals surface area contributed by atoms with E-state index in [-0.39, 0.29) is 5.97 Å². The minimum atomic E-state index is -0.465. The van der Waals surface area contributed by atoms with Crippen LogP contribution in [0.25, 0.3) is 0 Å². The van der Waals surface area contributed by atoms with Gasteiger partial charge >= 0.3 is 5.97 Å². The molecule has 1 atom stereocenters. The highest BCUT2D eigenvalue weighted by atomic mass is 16.5. The molecule has 1 aromatic rings. The van der Waals surface area contributed by atoms with Gasteiger partial charge in [0.25, 0.3) is 0 Å². The van der Waals surface area contributed by atoms with Crippen LogP contribution < -0.4 is 10.1 Å². The SMILES string of the molecule is CCOCCCNC(C(=O)OC)c1ccc(OC)cc1. The Bertz CT molecular complexity index is 391. The van der Waals surface area contributed by atoms with Crippen LogP contribution in [-0.4, -0.2) is 39.9 Å². The molecule has 0 saturated heterocycles. The molecule has 0 bridgehead atoms. The van der Waals surface area contributed by atoms with E-state index in [0.717, 1.165) is 17.7 Å².